The monoisotopic (exact) mass is 313 g/mol. The Labute approximate surface area is 142 Å². The molecule has 1 aliphatic rings. The van der Waals surface area contributed by atoms with Crippen LogP contribution < -0.4 is 4.90 Å². The highest BCUT2D eigenvalue weighted by Crippen LogP contribution is 2.43. The smallest absolute Gasteiger partial charge is 0.242 e. The number of benzene rings is 3. The molecule has 1 saturated heterocycles. The van der Waals surface area contributed by atoms with Crippen LogP contribution in [0.5, 0.6) is 0 Å². The molecule has 0 N–H and O–H groups in total. The second kappa shape index (κ2) is 5.97. The summed E-state index contributed by atoms with van der Waals surface area (Å²) in [6.07, 6.45) is 0.786. The first-order valence-electron chi connectivity index (χ1n) is 8.30. The quantitative estimate of drug-likeness (QED) is 0.701. The molecule has 4 rings (SSSR count). The van der Waals surface area contributed by atoms with Crippen LogP contribution in [0.3, 0.4) is 0 Å². The topological polar surface area (TPSA) is 20.3 Å². The first kappa shape index (κ1) is 14.7. The fourth-order valence-corrected chi connectivity index (χ4v) is 3.72. The number of hydrogen-bond acceptors (Lipinski definition) is 1. The molecular formula is C22H19NO. The van der Waals surface area contributed by atoms with E-state index in [0.29, 0.717) is 0 Å². The van der Waals surface area contributed by atoms with Crippen molar-refractivity contribution in [2.24, 2.45) is 0 Å². The summed E-state index contributed by atoms with van der Waals surface area (Å²) in [5.41, 5.74) is 2.51. The van der Waals surface area contributed by atoms with E-state index >= 15 is 0 Å². The third-order valence-corrected chi connectivity index (χ3v) is 4.92. The van der Waals surface area contributed by atoms with Crippen molar-refractivity contribution in [3.05, 3.63) is 102 Å². The molecule has 3 aromatic carbocycles. The third kappa shape index (κ3) is 2.23. The van der Waals surface area contributed by atoms with E-state index in [9.17, 15) is 4.79 Å². The SMILES string of the molecule is O=C1N(c2ccccc2)CCC1(c1ccccc1)c1ccccc1. The lowest BCUT2D eigenvalue weighted by Crippen LogP contribution is -2.39. The lowest BCUT2D eigenvalue weighted by atomic mass is 9.73. The van der Waals surface area contributed by atoms with E-state index in [1.807, 2.05) is 71.6 Å². The fourth-order valence-electron chi connectivity index (χ4n) is 3.72. The van der Waals surface area contributed by atoms with E-state index in [1.165, 1.54) is 0 Å². The standard InChI is InChI=1S/C22H19NO/c24-21-22(18-10-4-1-5-11-18,19-12-6-2-7-13-19)16-17-23(21)20-14-8-3-9-15-20/h1-15H,16-17H2. The number of carbonyl (C=O) groups excluding carboxylic acids is 1. The van der Waals surface area contributed by atoms with Crippen molar-refractivity contribution in [2.75, 3.05) is 11.4 Å². The first-order valence-corrected chi connectivity index (χ1v) is 8.30. The van der Waals surface area contributed by atoms with Crippen LogP contribution in [0.15, 0.2) is 91.0 Å². The molecule has 0 spiro atoms. The van der Waals surface area contributed by atoms with Gasteiger partial charge in [0, 0.05) is 12.2 Å². The van der Waals surface area contributed by atoms with Crippen LogP contribution in [0.4, 0.5) is 5.69 Å². The van der Waals surface area contributed by atoms with Gasteiger partial charge in [0.2, 0.25) is 5.91 Å². The summed E-state index contributed by atoms with van der Waals surface area (Å²) >= 11 is 0. The molecule has 1 fully saturated rings. The minimum absolute atomic E-state index is 0.158. The highest BCUT2D eigenvalue weighted by atomic mass is 16.2. The van der Waals surface area contributed by atoms with E-state index in [4.69, 9.17) is 0 Å². The van der Waals surface area contributed by atoms with E-state index in [1.54, 1.807) is 0 Å². The predicted octanol–water partition coefficient (Wildman–Crippen LogP) is 4.41. The van der Waals surface area contributed by atoms with Gasteiger partial charge in [0.25, 0.3) is 0 Å². The zero-order chi connectivity index (χ0) is 16.4. The Hall–Kier alpha value is -2.87. The molecule has 0 bridgehead atoms. The number of para-hydroxylation sites is 1. The van der Waals surface area contributed by atoms with Gasteiger partial charge < -0.3 is 4.90 Å². The van der Waals surface area contributed by atoms with Crippen molar-refractivity contribution >= 4 is 11.6 Å². The molecule has 1 amide bonds. The molecule has 0 radical (unpaired) electrons. The van der Waals surface area contributed by atoms with Gasteiger partial charge in [-0.1, -0.05) is 78.9 Å². The average molecular weight is 313 g/mol. The molecule has 118 valence electrons. The van der Waals surface area contributed by atoms with E-state index in [-0.39, 0.29) is 5.91 Å². The van der Waals surface area contributed by atoms with Gasteiger partial charge in [-0.05, 0) is 29.7 Å². The second-order valence-electron chi connectivity index (χ2n) is 6.18. The van der Waals surface area contributed by atoms with Gasteiger partial charge in [-0.3, -0.25) is 4.79 Å². The Morgan fingerprint density at radius 2 is 1.12 bits per heavy atom. The maximum absolute atomic E-state index is 13.6. The Morgan fingerprint density at radius 1 is 0.667 bits per heavy atom. The molecule has 0 aliphatic carbocycles. The first-order chi connectivity index (χ1) is 11.8. The van der Waals surface area contributed by atoms with Crippen molar-refractivity contribution in [3.63, 3.8) is 0 Å². The molecule has 0 saturated carbocycles. The summed E-state index contributed by atoms with van der Waals surface area (Å²) in [5, 5.41) is 0. The van der Waals surface area contributed by atoms with Gasteiger partial charge in [-0.15, -0.1) is 0 Å². The Balaban J connectivity index is 1.86. The van der Waals surface area contributed by atoms with Crippen LogP contribution >= 0.6 is 0 Å². The number of carbonyl (C=O) groups is 1. The highest BCUT2D eigenvalue weighted by molar-refractivity contribution is 6.06. The summed E-state index contributed by atoms with van der Waals surface area (Å²) in [6.45, 7) is 0.729. The maximum atomic E-state index is 13.6. The zero-order valence-electron chi connectivity index (χ0n) is 13.4. The van der Waals surface area contributed by atoms with Gasteiger partial charge in [0.1, 0.15) is 5.41 Å². The molecule has 0 atom stereocenters. The minimum Gasteiger partial charge on any atom is -0.311 e. The molecule has 1 heterocycles. The van der Waals surface area contributed by atoms with Crippen LogP contribution in [0, 0.1) is 0 Å². The van der Waals surface area contributed by atoms with Crippen LogP contribution in [0.1, 0.15) is 17.5 Å². The zero-order valence-corrected chi connectivity index (χ0v) is 13.4. The maximum Gasteiger partial charge on any atom is 0.242 e. The normalized spacial score (nSPS) is 16.3. The lowest BCUT2D eigenvalue weighted by Gasteiger charge is -2.29. The van der Waals surface area contributed by atoms with E-state index in [2.05, 4.69) is 24.3 Å². The molecule has 0 unspecified atom stereocenters. The van der Waals surface area contributed by atoms with Crippen LogP contribution in [-0.4, -0.2) is 12.5 Å². The Morgan fingerprint density at radius 3 is 1.62 bits per heavy atom. The summed E-state index contributed by atoms with van der Waals surface area (Å²) in [6, 6.07) is 30.3. The molecule has 24 heavy (non-hydrogen) atoms. The molecule has 0 aromatic heterocycles. The van der Waals surface area contributed by atoms with Crippen molar-refractivity contribution < 1.29 is 4.79 Å². The summed E-state index contributed by atoms with van der Waals surface area (Å²) < 4.78 is 0. The molecule has 3 aromatic rings. The lowest BCUT2D eigenvalue weighted by molar-refractivity contribution is -0.120. The predicted molar refractivity (Wildman–Crippen MR) is 97.1 cm³/mol. The van der Waals surface area contributed by atoms with Crippen molar-refractivity contribution in [1.29, 1.82) is 0 Å². The number of nitrogens with zero attached hydrogens (tertiary/aromatic N) is 1. The molecular weight excluding hydrogens is 294 g/mol. The van der Waals surface area contributed by atoms with Crippen molar-refractivity contribution in [3.8, 4) is 0 Å². The average Bonchev–Trinajstić information content (AvgIpc) is 3.02. The summed E-state index contributed by atoms with van der Waals surface area (Å²) in [7, 11) is 0. The molecule has 2 heteroatoms. The molecule has 1 aliphatic heterocycles. The van der Waals surface area contributed by atoms with Gasteiger partial charge in [-0.2, -0.15) is 0 Å². The highest BCUT2D eigenvalue weighted by Gasteiger charge is 2.49. The van der Waals surface area contributed by atoms with Crippen LogP contribution in [0.25, 0.3) is 0 Å². The van der Waals surface area contributed by atoms with Gasteiger partial charge in [0.15, 0.2) is 0 Å². The van der Waals surface area contributed by atoms with Crippen molar-refractivity contribution in [1.82, 2.24) is 0 Å². The van der Waals surface area contributed by atoms with E-state index < -0.39 is 5.41 Å². The van der Waals surface area contributed by atoms with Gasteiger partial charge >= 0.3 is 0 Å². The van der Waals surface area contributed by atoms with Gasteiger partial charge in [-0.25, -0.2) is 0 Å². The summed E-state index contributed by atoms with van der Waals surface area (Å²) in [4.78, 5) is 15.5. The third-order valence-electron chi connectivity index (χ3n) is 4.92. The minimum atomic E-state index is -0.599. The fraction of sp³-hybridized carbons (Fsp3) is 0.136. The van der Waals surface area contributed by atoms with Crippen LogP contribution in [-0.2, 0) is 10.2 Å². The second-order valence-corrected chi connectivity index (χ2v) is 6.18. The Kier molecular flexibility index (Phi) is 3.66. The van der Waals surface area contributed by atoms with Crippen molar-refractivity contribution in [2.45, 2.75) is 11.8 Å². The largest absolute Gasteiger partial charge is 0.311 e. The number of anilines is 1. The molecule has 2 nitrogen and oxygen atoms in total. The van der Waals surface area contributed by atoms with Gasteiger partial charge in [0.05, 0.1) is 0 Å². The van der Waals surface area contributed by atoms with E-state index in [0.717, 1.165) is 29.8 Å². The Bertz CT molecular complexity index is 788. The number of amides is 1. The number of rotatable bonds is 3. The number of hydrogen-bond donors (Lipinski definition) is 0. The van der Waals surface area contributed by atoms with Crippen LogP contribution in [0.2, 0.25) is 0 Å². The summed E-state index contributed by atoms with van der Waals surface area (Å²) in [5.74, 6) is 0.158.